The van der Waals surface area contributed by atoms with Gasteiger partial charge in [-0.1, -0.05) is 33.6 Å². The van der Waals surface area contributed by atoms with Gasteiger partial charge in [0.1, 0.15) is 0 Å². The Morgan fingerprint density at radius 2 is 1.65 bits per heavy atom. The number of hydrogen-bond acceptors (Lipinski definition) is 0. The third-order valence-electron chi connectivity index (χ3n) is 1.86. The molecule has 0 nitrogen and oxygen atoms in total. The summed E-state index contributed by atoms with van der Waals surface area (Å²) >= 11 is 0. The van der Waals surface area contributed by atoms with Crippen LogP contribution in [0.1, 0.15) is 11.1 Å². The maximum Gasteiger partial charge on any atom is 2.00 e. The van der Waals surface area contributed by atoms with Gasteiger partial charge in [0.25, 0.3) is 0 Å². The number of benzene rings is 1. The van der Waals surface area contributed by atoms with Gasteiger partial charge in [-0.15, -0.1) is 5.70 Å². The molecule has 1 rings (SSSR count). The molecule has 0 bridgehead atoms. The third kappa shape index (κ3) is 7.13. The molecular formula is C11H12ClF3MgSi. The fourth-order valence-electron chi connectivity index (χ4n) is 1.06. The molecule has 0 radical (unpaired) electrons. The molecule has 90 valence electrons. The molecule has 0 spiro atoms. The van der Waals surface area contributed by atoms with Gasteiger partial charge in [-0.2, -0.15) is 13.2 Å². The van der Waals surface area contributed by atoms with Crippen molar-refractivity contribution in [3.63, 3.8) is 0 Å². The number of rotatable bonds is 2. The van der Waals surface area contributed by atoms with Gasteiger partial charge < -0.3 is 19.0 Å². The van der Waals surface area contributed by atoms with Gasteiger partial charge in [-0.3, -0.25) is 0 Å². The molecule has 1 aromatic rings. The Morgan fingerprint density at radius 1 is 1.18 bits per heavy atom. The van der Waals surface area contributed by atoms with Gasteiger partial charge in [0.05, 0.1) is 5.56 Å². The zero-order chi connectivity index (χ0) is 11.5. The van der Waals surface area contributed by atoms with Gasteiger partial charge in [0.15, 0.2) is 0 Å². The summed E-state index contributed by atoms with van der Waals surface area (Å²) in [5.74, 6) is 0. The van der Waals surface area contributed by atoms with Crippen LogP contribution in [0.15, 0.2) is 30.0 Å². The molecule has 1 unspecified atom stereocenters. The van der Waals surface area contributed by atoms with Crippen molar-refractivity contribution in [3.05, 3.63) is 47.6 Å². The summed E-state index contributed by atoms with van der Waals surface area (Å²) in [6, 6.07) is 5.12. The summed E-state index contributed by atoms with van der Waals surface area (Å²) in [4.78, 5) is 0. The van der Waals surface area contributed by atoms with E-state index in [-0.39, 0.29) is 35.5 Å². The van der Waals surface area contributed by atoms with Crippen LogP contribution in [0.4, 0.5) is 13.2 Å². The molecule has 0 fully saturated rings. The summed E-state index contributed by atoms with van der Waals surface area (Å²) in [7, 11) is -1.04. The Labute approximate surface area is 123 Å². The molecule has 0 saturated heterocycles. The van der Waals surface area contributed by atoms with Crippen LogP contribution in [0.25, 0.3) is 6.08 Å². The van der Waals surface area contributed by atoms with E-state index in [0.717, 1.165) is 17.7 Å². The molecule has 1 atom stereocenters. The second kappa shape index (κ2) is 8.18. The van der Waals surface area contributed by atoms with E-state index in [1.54, 1.807) is 0 Å². The van der Waals surface area contributed by atoms with Gasteiger partial charge in [-0.25, -0.2) is 0 Å². The first-order valence-corrected chi connectivity index (χ1v) is 7.22. The monoisotopic (exact) mass is 288 g/mol. The Balaban J connectivity index is 0. The molecule has 0 saturated carbocycles. The van der Waals surface area contributed by atoms with E-state index in [4.69, 9.17) is 0 Å². The number of halogens is 4. The summed E-state index contributed by atoms with van der Waals surface area (Å²) in [5, 5.41) is 0. The van der Waals surface area contributed by atoms with Crippen molar-refractivity contribution in [2.24, 2.45) is 0 Å². The van der Waals surface area contributed by atoms with Crippen molar-refractivity contribution < 1.29 is 25.6 Å². The molecular weight excluding hydrogens is 277 g/mol. The van der Waals surface area contributed by atoms with Crippen molar-refractivity contribution in [2.75, 3.05) is 0 Å². The minimum absolute atomic E-state index is 0. The van der Waals surface area contributed by atoms with Crippen LogP contribution >= 0.6 is 0 Å². The standard InChI is InChI=1S/C11H12F3Si.ClH.Mg/c1-15(2)8-7-9-3-5-10(6-4-9)11(12,13)14;;/h3-8,15H,1H2,2H3;1H;/q-1;;+2/p-1. The zero-order valence-electron chi connectivity index (χ0n) is 9.47. The molecule has 1 aromatic carbocycles. The SMILES string of the molecule is [CH2-][SiH](C)C=Cc1ccc(C(F)(F)F)cc1.[Cl-].[Mg+2]. The molecule has 0 amide bonds. The van der Waals surface area contributed by atoms with Crippen molar-refractivity contribution >= 4 is 37.9 Å². The van der Waals surface area contributed by atoms with E-state index in [9.17, 15) is 13.2 Å². The average molecular weight is 289 g/mol. The fourth-order valence-corrected chi connectivity index (χ4v) is 1.61. The predicted octanol–water partition coefficient (Wildman–Crippen LogP) is 0.111. The Hall–Kier alpha value is 0.0231. The Morgan fingerprint density at radius 3 is 2.00 bits per heavy atom. The van der Waals surface area contributed by atoms with Crippen LogP contribution in [-0.4, -0.2) is 31.8 Å². The van der Waals surface area contributed by atoms with E-state index in [2.05, 4.69) is 6.55 Å². The molecule has 0 aromatic heterocycles. The van der Waals surface area contributed by atoms with E-state index in [0.29, 0.717) is 0 Å². The first-order valence-electron chi connectivity index (χ1n) is 4.58. The topological polar surface area (TPSA) is 0 Å². The maximum absolute atomic E-state index is 12.2. The van der Waals surface area contributed by atoms with Crippen LogP contribution in [0.3, 0.4) is 0 Å². The van der Waals surface area contributed by atoms with Crippen LogP contribution in [0, 0.1) is 6.55 Å². The molecule has 17 heavy (non-hydrogen) atoms. The quantitative estimate of drug-likeness (QED) is 0.535. The largest absolute Gasteiger partial charge is 2.00 e. The molecule has 6 heteroatoms. The first kappa shape index (κ1) is 19.4. The minimum Gasteiger partial charge on any atom is -1.00 e. The number of alkyl halides is 3. The molecule has 0 aliphatic heterocycles. The van der Waals surface area contributed by atoms with E-state index in [1.807, 2.05) is 18.3 Å². The fraction of sp³-hybridized carbons (Fsp3) is 0.182. The summed E-state index contributed by atoms with van der Waals surface area (Å²) in [5.41, 5.74) is 2.15. The normalized spacial score (nSPS) is 12.8. The van der Waals surface area contributed by atoms with Crippen molar-refractivity contribution in [2.45, 2.75) is 12.7 Å². The smallest absolute Gasteiger partial charge is 1.00 e. The minimum atomic E-state index is -4.25. The summed E-state index contributed by atoms with van der Waals surface area (Å²) < 4.78 is 36.6. The molecule has 0 aliphatic rings. The maximum atomic E-state index is 12.2. The van der Waals surface area contributed by atoms with Gasteiger partial charge in [0.2, 0.25) is 0 Å². The van der Waals surface area contributed by atoms with E-state index in [1.165, 1.54) is 12.1 Å². The Kier molecular flexibility index (Phi) is 9.32. The Bertz CT molecular complexity index is 347. The predicted molar refractivity (Wildman–Crippen MR) is 64.6 cm³/mol. The van der Waals surface area contributed by atoms with Crippen LogP contribution in [0.5, 0.6) is 0 Å². The van der Waals surface area contributed by atoms with Crippen molar-refractivity contribution in [3.8, 4) is 0 Å². The van der Waals surface area contributed by atoms with E-state index < -0.39 is 20.5 Å². The van der Waals surface area contributed by atoms with Gasteiger partial charge in [0, 0.05) is 0 Å². The molecule has 0 aliphatic carbocycles. The van der Waals surface area contributed by atoms with Crippen LogP contribution in [-0.2, 0) is 6.18 Å². The molecule has 0 heterocycles. The zero-order valence-corrected chi connectivity index (χ0v) is 12.8. The molecule has 0 N–H and O–H groups in total. The van der Waals surface area contributed by atoms with Crippen molar-refractivity contribution in [1.82, 2.24) is 0 Å². The summed E-state index contributed by atoms with van der Waals surface area (Å²) in [6.07, 6.45) is -2.43. The van der Waals surface area contributed by atoms with Gasteiger partial charge >= 0.3 is 29.2 Å². The second-order valence-electron chi connectivity index (χ2n) is 3.46. The summed E-state index contributed by atoms with van der Waals surface area (Å²) in [6.45, 7) is 5.92. The second-order valence-corrected chi connectivity index (χ2v) is 5.80. The third-order valence-corrected chi connectivity index (χ3v) is 2.70. The van der Waals surface area contributed by atoms with Crippen LogP contribution in [0.2, 0.25) is 6.55 Å². The van der Waals surface area contributed by atoms with Crippen molar-refractivity contribution in [1.29, 1.82) is 0 Å². The number of hydrogen-bond donors (Lipinski definition) is 0. The van der Waals surface area contributed by atoms with Crippen LogP contribution < -0.4 is 12.4 Å². The first-order chi connectivity index (χ1) is 6.89. The van der Waals surface area contributed by atoms with E-state index >= 15 is 0 Å². The average Bonchev–Trinajstić information content (AvgIpc) is 2.14. The van der Waals surface area contributed by atoms with Gasteiger partial charge in [-0.05, 0) is 17.7 Å².